The third-order valence-electron chi connectivity index (χ3n) is 2.85. The van der Waals surface area contributed by atoms with Crippen LogP contribution in [0.4, 0.5) is 0 Å². The predicted molar refractivity (Wildman–Crippen MR) is 75.7 cm³/mol. The Morgan fingerprint density at radius 2 is 2.06 bits per heavy atom. The summed E-state index contributed by atoms with van der Waals surface area (Å²) in [6, 6.07) is 9.12. The van der Waals surface area contributed by atoms with Crippen LogP contribution in [0.3, 0.4) is 0 Å². The van der Waals surface area contributed by atoms with Gasteiger partial charge in [-0.3, -0.25) is 4.79 Å². The molecule has 0 aliphatic carbocycles. The second-order valence-electron chi connectivity index (χ2n) is 4.32. The highest BCUT2D eigenvalue weighted by molar-refractivity contribution is 6.33. The van der Waals surface area contributed by atoms with Crippen LogP contribution in [0.1, 0.15) is 12.8 Å². The number of hydrogen-bond donors (Lipinski definition) is 1. The molecule has 1 aromatic carbocycles. The van der Waals surface area contributed by atoms with Gasteiger partial charge < -0.3 is 9.72 Å². The highest BCUT2D eigenvalue weighted by Crippen LogP contribution is 2.18. The Bertz CT molecular complexity index is 565. The van der Waals surface area contributed by atoms with Gasteiger partial charge in [-0.15, -0.1) is 0 Å². The SMILES string of the molecule is C[B]CCCCOc1ccc2ccc(=O)[nH]c2c1. The van der Waals surface area contributed by atoms with E-state index in [2.05, 4.69) is 19.1 Å². The Balaban J connectivity index is 1.99. The molecule has 1 radical (unpaired) electrons. The molecule has 0 unspecified atom stereocenters. The van der Waals surface area contributed by atoms with Crippen LogP contribution in [0.2, 0.25) is 13.1 Å². The largest absolute Gasteiger partial charge is 0.494 e. The number of hydrogen-bond acceptors (Lipinski definition) is 2. The van der Waals surface area contributed by atoms with E-state index in [1.165, 1.54) is 6.07 Å². The number of H-pyrrole nitrogens is 1. The van der Waals surface area contributed by atoms with Crippen LogP contribution in [0.5, 0.6) is 5.75 Å². The number of fused-ring (bicyclic) bond motifs is 1. The normalized spacial score (nSPS) is 10.5. The lowest BCUT2D eigenvalue weighted by Crippen LogP contribution is -2.03. The quantitative estimate of drug-likeness (QED) is 0.625. The molecule has 1 N–H and O–H groups in total. The number of pyridine rings is 1. The zero-order chi connectivity index (χ0) is 12.8. The van der Waals surface area contributed by atoms with Crippen molar-refractivity contribution in [2.45, 2.75) is 26.0 Å². The molecule has 0 amide bonds. The van der Waals surface area contributed by atoms with E-state index in [1.807, 2.05) is 24.3 Å². The third-order valence-corrected chi connectivity index (χ3v) is 2.85. The monoisotopic (exact) mass is 242 g/mol. The maximum Gasteiger partial charge on any atom is 0.248 e. The Kier molecular flexibility index (Phi) is 4.45. The van der Waals surface area contributed by atoms with Crippen molar-refractivity contribution in [2.24, 2.45) is 0 Å². The number of rotatable bonds is 6. The van der Waals surface area contributed by atoms with Gasteiger partial charge in [-0.25, -0.2) is 0 Å². The van der Waals surface area contributed by atoms with Crippen molar-refractivity contribution in [2.75, 3.05) is 6.61 Å². The summed E-state index contributed by atoms with van der Waals surface area (Å²) in [4.78, 5) is 14.0. The summed E-state index contributed by atoms with van der Waals surface area (Å²) in [5, 5.41) is 1.02. The second-order valence-corrected chi connectivity index (χ2v) is 4.32. The molecular formula is C14H17BNO2. The highest BCUT2D eigenvalue weighted by atomic mass is 16.5. The van der Waals surface area contributed by atoms with Gasteiger partial charge in [0.05, 0.1) is 12.1 Å². The maximum atomic E-state index is 11.2. The minimum atomic E-state index is -0.0851. The summed E-state index contributed by atoms with van der Waals surface area (Å²) in [6.07, 6.45) is 3.34. The number of aromatic amines is 1. The van der Waals surface area contributed by atoms with E-state index in [-0.39, 0.29) is 5.56 Å². The molecule has 0 bridgehead atoms. The van der Waals surface area contributed by atoms with E-state index in [4.69, 9.17) is 4.74 Å². The van der Waals surface area contributed by atoms with Gasteiger partial charge >= 0.3 is 0 Å². The minimum absolute atomic E-state index is 0.0851. The van der Waals surface area contributed by atoms with Gasteiger partial charge in [0.15, 0.2) is 0 Å². The zero-order valence-corrected chi connectivity index (χ0v) is 10.6. The van der Waals surface area contributed by atoms with Gasteiger partial charge in [0.1, 0.15) is 13.0 Å². The first-order chi connectivity index (χ1) is 8.79. The molecule has 1 aromatic heterocycles. The molecular weight excluding hydrogens is 225 g/mol. The van der Waals surface area contributed by atoms with Crippen LogP contribution in [-0.4, -0.2) is 18.9 Å². The van der Waals surface area contributed by atoms with Gasteiger partial charge in [-0.05, 0) is 30.0 Å². The molecule has 2 rings (SSSR count). The second kappa shape index (κ2) is 6.29. The molecule has 0 spiro atoms. The predicted octanol–water partition coefficient (Wildman–Crippen LogP) is 2.86. The van der Waals surface area contributed by atoms with Crippen molar-refractivity contribution < 1.29 is 4.74 Å². The summed E-state index contributed by atoms with van der Waals surface area (Å²) in [5.74, 6) is 0.810. The Morgan fingerprint density at radius 1 is 1.22 bits per heavy atom. The molecule has 4 heteroatoms. The van der Waals surface area contributed by atoms with Crippen LogP contribution in [0.25, 0.3) is 10.9 Å². The standard InChI is InChI=1S/C14H17BNO2/c1-15-8-2-3-9-18-12-6-4-11-5-7-14(17)16-13(11)10-12/h4-7,10H,2-3,8-9H2,1H3,(H,16,17). The lowest BCUT2D eigenvalue weighted by atomic mass is 9.76. The van der Waals surface area contributed by atoms with E-state index < -0.39 is 0 Å². The number of aromatic nitrogens is 1. The van der Waals surface area contributed by atoms with E-state index in [0.717, 1.165) is 42.4 Å². The first kappa shape index (κ1) is 12.7. The molecule has 0 saturated carbocycles. The van der Waals surface area contributed by atoms with Gasteiger partial charge in [0.2, 0.25) is 5.56 Å². The zero-order valence-electron chi connectivity index (χ0n) is 10.6. The summed E-state index contributed by atoms with van der Waals surface area (Å²) < 4.78 is 5.66. The third kappa shape index (κ3) is 3.39. The van der Waals surface area contributed by atoms with Gasteiger partial charge in [-0.1, -0.05) is 19.6 Å². The number of ether oxygens (including phenoxy) is 1. The van der Waals surface area contributed by atoms with Crippen LogP contribution in [0, 0.1) is 0 Å². The first-order valence-corrected chi connectivity index (χ1v) is 6.33. The van der Waals surface area contributed by atoms with Crippen LogP contribution >= 0.6 is 0 Å². The molecule has 0 aliphatic rings. The fourth-order valence-electron chi connectivity index (χ4n) is 1.86. The van der Waals surface area contributed by atoms with E-state index in [1.54, 1.807) is 0 Å². The fourth-order valence-corrected chi connectivity index (χ4v) is 1.86. The average Bonchev–Trinajstić information content (AvgIpc) is 2.38. The Morgan fingerprint density at radius 3 is 2.89 bits per heavy atom. The molecule has 93 valence electrons. The number of unbranched alkanes of at least 4 members (excludes halogenated alkanes) is 1. The van der Waals surface area contributed by atoms with Crippen molar-refractivity contribution in [3.8, 4) is 5.75 Å². The molecule has 3 nitrogen and oxygen atoms in total. The van der Waals surface area contributed by atoms with Crippen LogP contribution < -0.4 is 10.3 Å². The molecule has 0 saturated heterocycles. The van der Waals surface area contributed by atoms with Crippen LogP contribution in [-0.2, 0) is 0 Å². The molecule has 0 atom stereocenters. The topological polar surface area (TPSA) is 42.1 Å². The molecule has 1 heterocycles. The average molecular weight is 242 g/mol. The summed E-state index contributed by atoms with van der Waals surface area (Å²) in [6.45, 7) is 2.79. The summed E-state index contributed by atoms with van der Waals surface area (Å²) >= 11 is 0. The van der Waals surface area contributed by atoms with Crippen molar-refractivity contribution in [3.63, 3.8) is 0 Å². The van der Waals surface area contributed by atoms with E-state index >= 15 is 0 Å². The molecule has 0 fully saturated rings. The van der Waals surface area contributed by atoms with Gasteiger partial charge in [0, 0.05) is 12.1 Å². The van der Waals surface area contributed by atoms with Crippen molar-refractivity contribution >= 4 is 18.2 Å². The van der Waals surface area contributed by atoms with E-state index in [0.29, 0.717) is 0 Å². The van der Waals surface area contributed by atoms with Gasteiger partial charge in [-0.2, -0.15) is 0 Å². The molecule has 18 heavy (non-hydrogen) atoms. The number of benzene rings is 1. The molecule has 0 aliphatic heterocycles. The Labute approximate surface area is 107 Å². The lowest BCUT2D eigenvalue weighted by Gasteiger charge is -2.06. The first-order valence-electron chi connectivity index (χ1n) is 6.33. The van der Waals surface area contributed by atoms with Crippen molar-refractivity contribution in [1.82, 2.24) is 4.98 Å². The van der Waals surface area contributed by atoms with E-state index in [9.17, 15) is 4.79 Å². The van der Waals surface area contributed by atoms with Crippen molar-refractivity contribution in [3.05, 3.63) is 40.7 Å². The van der Waals surface area contributed by atoms with Crippen LogP contribution in [0.15, 0.2) is 35.1 Å². The maximum absolute atomic E-state index is 11.2. The minimum Gasteiger partial charge on any atom is -0.494 e. The number of nitrogens with one attached hydrogen (secondary N) is 1. The smallest absolute Gasteiger partial charge is 0.248 e. The fraction of sp³-hybridized carbons (Fsp3) is 0.357. The summed E-state index contributed by atoms with van der Waals surface area (Å²) in [5.41, 5.74) is 0.736. The van der Waals surface area contributed by atoms with Gasteiger partial charge in [0.25, 0.3) is 0 Å². The highest BCUT2D eigenvalue weighted by Gasteiger charge is 1.98. The Hall–Kier alpha value is -1.71. The summed E-state index contributed by atoms with van der Waals surface area (Å²) in [7, 11) is 2.17. The lowest BCUT2D eigenvalue weighted by molar-refractivity contribution is 0.309. The molecule has 2 aromatic rings. The van der Waals surface area contributed by atoms with Crippen molar-refractivity contribution in [1.29, 1.82) is 0 Å².